The number of nitrogens with zero attached hydrogens (tertiary/aromatic N) is 1. The van der Waals surface area contributed by atoms with Crippen LogP contribution in [0, 0.1) is 11.8 Å². The zero-order chi connectivity index (χ0) is 34.5. The number of nitrogens with one attached hydrogen (secondary N) is 1. The number of carbonyl (C=O) groups is 5. The molecule has 0 bridgehead atoms. The number of esters is 4. The second kappa shape index (κ2) is 17.8. The predicted octanol–water partition coefficient (Wildman–Crippen LogP) is 2.80. The fraction of sp³-hybridized carbons (Fsp3) is 0.515. The number of pyridine rings is 1. The molecule has 1 N–H and O–H groups in total. The van der Waals surface area contributed by atoms with Crippen molar-refractivity contribution < 1.29 is 57.1 Å². The largest absolute Gasteiger partial charge is 0.493 e. The topological polar surface area (TPSA) is 175 Å². The smallest absolute Gasteiger partial charge is 0.337 e. The Morgan fingerprint density at radius 2 is 1.77 bits per heavy atom. The molecule has 1 saturated heterocycles. The number of benzene rings is 1. The predicted molar refractivity (Wildman–Crippen MR) is 164 cm³/mol. The van der Waals surface area contributed by atoms with Gasteiger partial charge >= 0.3 is 23.9 Å². The maximum atomic E-state index is 13.5. The average Bonchev–Trinajstić information content (AvgIpc) is 3.09. The van der Waals surface area contributed by atoms with E-state index in [2.05, 4.69) is 10.3 Å². The normalized spacial score (nSPS) is 20.4. The molecule has 47 heavy (non-hydrogen) atoms. The number of aromatic nitrogens is 1. The molecule has 1 amide bonds. The van der Waals surface area contributed by atoms with Crippen LogP contribution in [0.5, 0.6) is 11.5 Å². The molecular formula is C33H42N2O12. The van der Waals surface area contributed by atoms with E-state index in [0.717, 1.165) is 5.56 Å². The lowest BCUT2D eigenvalue weighted by Crippen LogP contribution is -2.47. The Balaban J connectivity index is 1.81. The van der Waals surface area contributed by atoms with Gasteiger partial charge in [0.15, 0.2) is 35.4 Å². The van der Waals surface area contributed by atoms with E-state index in [0.29, 0.717) is 13.0 Å². The van der Waals surface area contributed by atoms with Crippen LogP contribution in [0.3, 0.4) is 0 Å². The van der Waals surface area contributed by atoms with Gasteiger partial charge in [-0.1, -0.05) is 51.1 Å². The van der Waals surface area contributed by atoms with E-state index in [9.17, 15) is 24.0 Å². The number of methoxy groups -OCH3 is 1. The zero-order valence-corrected chi connectivity index (χ0v) is 27.4. The lowest BCUT2D eigenvalue weighted by Gasteiger charge is -2.29. The fourth-order valence-corrected chi connectivity index (χ4v) is 4.50. The molecule has 0 spiro atoms. The summed E-state index contributed by atoms with van der Waals surface area (Å²) < 4.78 is 38.1. The molecule has 2 heterocycles. The van der Waals surface area contributed by atoms with E-state index in [1.165, 1.54) is 33.2 Å². The summed E-state index contributed by atoms with van der Waals surface area (Å²) in [6, 6.07) is 9.00. The minimum absolute atomic E-state index is 0.0899. The molecule has 1 aromatic heterocycles. The molecule has 5 atom stereocenters. The van der Waals surface area contributed by atoms with Gasteiger partial charge in [-0.3, -0.25) is 14.4 Å². The van der Waals surface area contributed by atoms with Gasteiger partial charge < -0.3 is 38.5 Å². The summed E-state index contributed by atoms with van der Waals surface area (Å²) in [4.78, 5) is 69.1. The highest BCUT2D eigenvalue weighted by molar-refractivity contribution is 5.98. The van der Waals surface area contributed by atoms with Gasteiger partial charge in [0.05, 0.1) is 13.0 Å². The van der Waals surface area contributed by atoms with Crippen LogP contribution in [0.2, 0.25) is 0 Å². The Hall–Kier alpha value is -4.72. The second-order valence-electron chi connectivity index (χ2n) is 11.1. The lowest BCUT2D eigenvalue weighted by molar-refractivity contribution is -0.176. The Morgan fingerprint density at radius 3 is 2.43 bits per heavy atom. The first-order chi connectivity index (χ1) is 22.5. The Bertz CT molecular complexity index is 1380. The molecule has 0 saturated carbocycles. The van der Waals surface area contributed by atoms with E-state index >= 15 is 0 Å². The molecule has 14 nitrogen and oxygen atoms in total. The minimum Gasteiger partial charge on any atom is -0.493 e. The van der Waals surface area contributed by atoms with Crippen LogP contribution < -0.4 is 14.8 Å². The van der Waals surface area contributed by atoms with Gasteiger partial charge in [0.1, 0.15) is 18.6 Å². The van der Waals surface area contributed by atoms with Crippen LogP contribution in [-0.4, -0.2) is 86.2 Å². The van der Waals surface area contributed by atoms with Gasteiger partial charge in [-0.2, -0.15) is 0 Å². The highest BCUT2D eigenvalue weighted by Gasteiger charge is 2.42. The summed E-state index contributed by atoms with van der Waals surface area (Å²) >= 11 is 0. The molecule has 0 aliphatic carbocycles. The molecule has 1 aliphatic rings. The molecule has 14 heteroatoms. The van der Waals surface area contributed by atoms with Crippen molar-refractivity contribution in [1.82, 2.24) is 10.3 Å². The molecule has 1 aliphatic heterocycles. The minimum atomic E-state index is -1.47. The zero-order valence-electron chi connectivity index (χ0n) is 27.4. The highest BCUT2D eigenvalue weighted by Crippen LogP contribution is 2.30. The van der Waals surface area contributed by atoms with Crippen LogP contribution in [0.25, 0.3) is 0 Å². The number of ether oxygens (including phenoxy) is 7. The number of amides is 1. The fourth-order valence-electron chi connectivity index (χ4n) is 4.50. The average molecular weight is 659 g/mol. The van der Waals surface area contributed by atoms with E-state index < -0.39 is 79.4 Å². The van der Waals surface area contributed by atoms with Crippen LogP contribution in [0.1, 0.15) is 57.1 Å². The van der Waals surface area contributed by atoms with Crippen molar-refractivity contribution in [1.29, 1.82) is 0 Å². The summed E-state index contributed by atoms with van der Waals surface area (Å²) in [6.07, 6.45) is -0.968. The molecule has 256 valence electrons. The van der Waals surface area contributed by atoms with E-state index in [-0.39, 0.29) is 23.6 Å². The van der Waals surface area contributed by atoms with Gasteiger partial charge in [0, 0.05) is 18.9 Å². The quantitative estimate of drug-likeness (QED) is 0.178. The standard InChI is InChI=1S/C33H42N2O12/c1-7-15-42-21(5)31(38)45-18-44-28-25(41-6)13-14-34-26(28)29(36)35-24-17-43-32(39)23(16-22-11-9-8-10-12-22)27(20(4)46-33(24)40)47-30(37)19(2)3/h8-14,19-21,23-24,27H,7,15-18H2,1-6H3,(H,35,36)/t20-,21?,23+,24-,27-/m0/s1. The summed E-state index contributed by atoms with van der Waals surface area (Å²) in [7, 11) is 1.33. The van der Waals surface area contributed by atoms with Crippen LogP contribution in [0.4, 0.5) is 0 Å². The second-order valence-corrected chi connectivity index (χ2v) is 11.1. The molecule has 0 radical (unpaired) electrons. The monoisotopic (exact) mass is 658 g/mol. The van der Waals surface area contributed by atoms with Crippen molar-refractivity contribution >= 4 is 29.8 Å². The van der Waals surface area contributed by atoms with E-state index in [1.807, 2.05) is 25.1 Å². The highest BCUT2D eigenvalue weighted by atomic mass is 16.7. The summed E-state index contributed by atoms with van der Waals surface area (Å²) in [5, 5.41) is 2.47. The van der Waals surface area contributed by atoms with Crippen molar-refractivity contribution in [2.24, 2.45) is 11.8 Å². The third-order valence-corrected chi connectivity index (χ3v) is 7.08. The summed E-state index contributed by atoms with van der Waals surface area (Å²) in [6.45, 7) is 7.40. The number of hydrogen-bond donors (Lipinski definition) is 1. The van der Waals surface area contributed by atoms with E-state index in [1.54, 1.807) is 26.0 Å². The summed E-state index contributed by atoms with van der Waals surface area (Å²) in [5.74, 6) is -5.47. The molecule has 1 fully saturated rings. The first-order valence-corrected chi connectivity index (χ1v) is 15.3. The molecule has 1 aromatic carbocycles. The van der Waals surface area contributed by atoms with Crippen molar-refractivity contribution in [3.8, 4) is 11.5 Å². The maximum Gasteiger partial charge on any atom is 0.337 e. The molecule has 1 unspecified atom stereocenters. The Morgan fingerprint density at radius 1 is 1.04 bits per heavy atom. The third-order valence-electron chi connectivity index (χ3n) is 7.08. The van der Waals surface area contributed by atoms with Crippen molar-refractivity contribution in [3.63, 3.8) is 0 Å². The van der Waals surface area contributed by atoms with Gasteiger partial charge in [0.25, 0.3) is 5.91 Å². The lowest BCUT2D eigenvalue weighted by atomic mass is 9.91. The molecular weight excluding hydrogens is 616 g/mol. The number of cyclic esters (lactones) is 2. The van der Waals surface area contributed by atoms with Gasteiger partial charge in [-0.15, -0.1) is 0 Å². The Labute approximate surface area is 273 Å². The first-order valence-electron chi connectivity index (χ1n) is 15.3. The van der Waals surface area contributed by atoms with Crippen molar-refractivity contribution in [2.75, 3.05) is 27.1 Å². The number of carbonyl (C=O) groups excluding carboxylic acids is 5. The van der Waals surface area contributed by atoms with Gasteiger partial charge in [-0.25, -0.2) is 14.6 Å². The third kappa shape index (κ3) is 10.4. The summed E-state index contributed by atoms with van der Waals surface area (Å²) in [5.41, 5.74) is 0.460. The molecule has 2 aromatic rings. The van der Waals surface area contributed by atoms with Crippen molar-refractivity contribution in [3.05, 3.63) is 53.9 Å². The van der Waals surface area contributed by atoms with Crippen LogP contribution >= 0.6 is 0 Å². The van der Waals surface area contributed by atoms with Gasteiger partial charge in [-0.05, 0) is 32.3 Å². The first kappa shape index (κ1) is 36.7. The van der Waals surface area contributed by atoms with Crippen LogP contribution in [-0.2, 0) is 49.3 Å². The number of hydrogen-bond acceptors (Lipinski definition) is 13. The SMILES string of the molecule is CCCOC(C)C(=O)OCOc1c(OC)ccnc1C(=O)N[C@H]1COC(=O)[C@H](Cc2ccccc2)[C@@H](OC(=O)C(C)C)[C@H](C)OC1=O. The van der Waals surface area contributed by atoms with Crippen LogP contribution in [0.15, 0.2) is 42.6 Å². The van der Waals surface area contributed by atoms with Gasteiger partial charge in [0.2, 0.25) is 6.79 Å². The number of rotatable bonds is 14. The molecule has 3 rings (SSSR count). The Kier molecular flexibility index (Phi) is 13.9. The van der Waals surface area contributed by atoms with E-state index in [4.69, 9.17) is 33.2 Å². The van der Waals surface area contributed by atoms with Crippen molar-refractivity contribution in [2.45, 2.75) is 71.8 Å². The maximum absolute atomic E-state index is 13.5.